The smallest absolute Gasteiger partial charge is 0.174 e. The van der Waals surface area contributed by atoms with Crippen LogP contribution in [0.2, 0.25) is 0 Å². The van der Waals surface area contributed by atoms with Gasteiger partial charge in [0.25, 0.3) is 0 Å². The summed E-state index contributed by atoms with van der Waals surface area (Å²) < 4.78 is 0. The summed E-state index contributed by atoms with van der Waals surface area (Å²) in [6.07, 6.45) is 10.0. The highest BCUT2D eigenvalue weighted by atomic mass is 14.9. The molecule has 2 nitrogen and oxygen atoms in total. The lowest BCUT2D eigenvalue weighted by Crippen LogP contribution is -1.93. The molecule has 0 aromatic carbocycles. The van der Waals surface area contributed by atoms with Crippen molar-refractivity contribution in [1.29, 1.82) is 0 Å². The molecule has 73 valence electrons. The van der Waals surface area contributed by atoms with Gasteiger partial charge in [0.05, 0.1) is 5.69 Å². The van der Waals surface area contributed by atoms with Gasteiger partial charge in [-0.3, -0.25) is 0 Å². The predicted octanol–water partition coefficient (Wildman–Crippen LogP) is 2.90. The highest BCUT2D eigenvalue weighted by Crippen LogP contribution is 2.09. The first kappa shape index (κ1) is 10.3. The van der Waals surface area contributed by atoms with Crippen molar-refractivity contribution in [3.8, 4) is 0 Å². The van der Waals surface area contributed by atoms with Gasteiger partial charge in [-0.05, 0) is 25.7 Å². The van der Waals surface area contributed by atoms with Crippen molar-refractivity contribution in [2.45, 2.75) is 52.4 Å². The molecule has 0 bridgehead atoms. The summed E-state index contributed by atoms with van der Waals surface area (Å²) in [5, 5.41) is 0. The van der Waals surface area contributed by atoms with Crippen molar-refractivity contribution in [3.63, 3.8) is 0 Å². The maximum absolute atomic E-state index is 4.23. The molecule has 1 aromatic rings. The average molecular weight is 179 g/mol. The monoisotopic (exact) mass is 179 g/mol. The summed E-state index contributed by atoms with van der Waals surface area (Å²) in [5.41, 5.74) is 2.53. The Morgan fingerprint density at radius 1 is 1.15 bits per heavy atom. The van der Waals surface area contributed by atoms with Crippen LogP contribution in [-0.4, -0.2) is 9.97 Å². The number of aromatic amines is 1. The van der Waals surface area contributed by atoms with Gasteiger partial charge in [-0.2, -0.15) is 0 Å². The van der Waals surface area contributed by atoms with E-state index in [-0.39, 0.29) is 0 Å². The SMILES string of the molecule is CCCCc1n[c][nH]c1CCCC. The van der Waals surface area contributed by atoms with Gasteiger partial charge in [0, 0.05) is 5.69 Å². The topological polar surface area (TPSA) is 28.7 Å². The lowest BCUT2D eigenvalue weighted by molar-refractivity contribution is 0.741. The lowest BCUT2D eigenvalue weighted by atomic mass is 10.1. The van der Waals surface area contributed by atoms with Crippen molar-refractivity contribution in [1.82, 2.24) is 9.97 Å². The Morgan fingerprint density at radius 3 is 2.54 bits per heavy atom. The highest BCUT2D eigenvalue weighted by Gasteiger charge is 2.03. The number of aryl methyl sites for hydroxylation is 2. The molecule has 0 saturated carbocycles. The third-order valence-electron chi connectivity index (χ3n) is 2.29. The fourth-order valence-electron chi connectivity index (χ4n) is 1.41. The minimum Gasteiger partial charge on any atom is -0.339 e. The number of hydrogen-bond donors (Lipinski definition) is 1. The molecule has 1 radical (unpaired) electrons. The van der Waals surface area contributed by atoms with Crippen LogP contribution in [0.3, 0.4) is 0 Å². The van der Waals surface area contributed by atoms with E-state index in [1.807, 2.05) is 0 Å². The Kier molecular flexibility index (Phi) is 4.58. The van der Waals surface area contributed by atoms with Crippen LogP contribution in [0.4, 0.5) is 0 Å². The second-order valence-corrected chi connectivity index (χ2v) is 3.48. The normalized spacial score (nSPS) is 10.6. The molecule has 0 fully saturated rings. The molecule has 0 aliphatic rings. The van der Waals surface area contributed by atoms with Crippen molar-refractivity contribution >= 4 is 0 Å². The Morgan fingerprint density at radius 2 is 1.85 bits per heavy atom. The molecule has 1 rings (SSSR count). The van der Waals surface area contributed by atoms with Gasteiger partial charge in [-0.15, -0.1) is 0 Å². The van der Waals surface area contributed by atoms with Crippen LogP contribution >= 0.6 is 0 Å². The fraction of sp³-hybridized carbons (Fsp3) is 0.727. The van der Waals surface area contributed by atoms with Gasteiger partial charge in [-0.25, -0.2) is 4.98 Å². The van der Waals surface area contributed by atoms with E-state index in [1.54, 1.807) is 0 Å². The molecular formula is C11H19N2. The van der Waals surface area contributed by atoms with E-state index in [2.05, 4.69) is 30.1 Å². The molecular weight excluding hydrogens is 160 g/mol. The molecule has 0 spiro atoms. The third kappa shape index (κ3) is 3.21. The summed E-state index contributed by atoms with van der Waals surface area (Å²) in [5.74, 6) is 0. The minimum atomic E-state index is 1.11. The second kappa shape index (κ2) is 5.79. The van der Waals surface area contributed by atoms with E-state index in [9.17, 15) is 0 Å². The summed E-state index contributed by atoms with van der Waals surface area (Å²) in [6.45, 7) is 4.42. The van der Waals surface area contributed by atoms with Gasteiger partial charge in [-0.1, -0.05) is 26.7 Å². The van der Waals surface area contributed by atoms with Gasteiger partial charge in [0.15, 0.2) is 6.33 Å². The molecule has 1 aromatic heterocycles. The molecule has 0 saturated heterocycles. The second-order valence-electron chi connectivity index (χ2n) is 3.48. The van der Waals surface area contributed by atoms with Crippen LogP contribution in [0.15, 0.2) is 0 Å². The quantitative estimate of drug-likeness (QED) is 0.714. The first-order valence-electron chi connectivity index (χ1n) is 5.32. The minimum absolute atomic E-state index is 1.11. The van der Waals surface area contributed by atoms with E-state index >= 15 is 0 Å². The summed E-state index contributed by atoms with van der Waals surface area (Å²) in [6, 6.07) is 0. The van der Waals surface area contributed by atoms with Crippen molar-refractivity contribution in [2.24, 2.45) is 0 Å². The first-order valence-corrected chi connectivity index (χ1v) is 5.32. The Balaban J connectivity index is 2.45. The molecule has 13 heavy (non-hydrogen) atoms. The van der Waals surface area contributed by atoms with Crippen LogP contribution in [0.1, 0.15) is 50.9 Å². The number of imidazole rings is 1. The van der Waals surface area contributed by atoms with Gasteiger partial charge < -0.3 is 4.98 Å². The number of aromatic nitrogens is 2. The van der Waals surface area contributed by atoms with Crippen LogP contribution in [0, 0.1) is 6.33 Å². The van der Waals surface area contributed by atoms with E-state index in [4.69, 9.17) is 0 Å². The molecule has 0 aliphatic carbocycles. The number of unbranched alkanes of at least 4 members (excludes halogenated alkanes) is 2. The maximum atomic E-state index is 4.23. The first-order chi connectivity index (χ1) is 6.38. The Labute approximate surface area is 80.8 Å². The van der Waals surface area contributed by atoms with E-state index in [1.165, 1.54) is 37.1 Å². The van der Waals surface area contributed by atoms with Crippen molar-refractivity contribution in [3.05, 3.63) is 17.7 Å². The molecule has 0 amide bonds. The number of H-pyrrole nitrogens is 1. The lowest BCUT2D eigenvalue weighted by Gasteiger charge is -2.00. The number of nitrogens with one attached hydrogen (secondary N) is 1. The molecule has 1 heterocycles. The maximum Gasteiger partial charge on any atom is 0.174 e. The number of nitrogens with zero attached hydrogens (tertiary/aromatic N) is 1. The molecule has 2 heteroatoms. The van der Waals surface area contributed by atoms with Crippen LogP contribution in [-0.2, 0) is 12.8 Å². The molecule has 0 atom stereocenters. The van der Waals surface area contributed by atoms with E-state index in [0.29, 0.717) is 0 Å². The van der Waals surface area contributed by atoms with E-state index < -0.39 is 0 Å². The molecule has 0 unspecified atom stereocenters. The summed E-state index contributed by atoms with van der Waals surface area (Å²) in [7, 11) is 0. The zero-order chi connectivity index (χ0) is 9.52. The number of hydrogen-bond acceptors (Lipinski definition) is 1. The number of rotatable bonds is 6. The predicted molar refractivity (Wildman–Crippen MR) is 54.6 cm³/mol. The standard InChI is InChI=1S/C11H19N2/c1-3-5-7-10-11(8-6-4-2)13-9-12-10/h3-8H2,1-2H3,(H,12,13). The zero-order valence-corrected chi connectivity index (χ0v) is 8.69. The highest BCUT2D eigenvalue weighted by molar-refractivity contribution is 5.10. The fourth-order valence-corrected chi connectivity index (χ4v) is 1.41. The third-order valence-corrected chi connectivity index (χ3v) is 2.29. The summed E-state index contributed by atoms with van der Waals surface area (Å²) in [4.78, 5) is 7.34. The van der Waals surface area contributed by atoms with Gasteiger partial charge >= 0.3 is 0 Å². The van der Waals surface area contributed by atoms with Gasteiger partial charge in [0.1, 0.15) is 0 Å². The van der Waals surface area contributed by atoms with Crippen molar-refractivity contribution < 1.29 is 0 Å². The van der Waals surface area contributed by atoms with Crippen LogP contribution in [0.5, 0.6) is 0 Å². The Bertz CT molecular complexity index is 205. The van der Waals surface area contributed by atoms with Crippen LogP contribution in [0.25, 0.3) is 0 Å². The molecule has 1 N–H and O–H groups in total. The summed E-state index contributed by atoms with van der Waals surface area (Å²) >= 11 is 0. The Hall–Kier alpha value is -0.790. The van der Waals surface area contributed by atoms with Crippen molar-refractivity contribution in [2.75, 3.05) is 0 Å². The molecule has 0 aliphatic heterocycles. The average Bonchev–Trinajstić information content (AvgIpc) is 2.59. The van der Waals surface area contributed by atoms with Crippen LogP contribution < -0.4 is 0 Å². The van der Waals surface area contributed by atoms with Gasteiger partial charge in [0.2, 0.25) is 0 Å². The largest absolute Gasteiger partial charge is 0.339 e. The zero-order valence-electron chi connectivity index (χ0n) is 8.69. The van der Waals surface area contributed by atoms with E-state index in [0.717, 1.165) is 12.8 Å².